The van der Waals surface area contributed by atoms with Gasteiger partial charge in [-0.05, 0) is 34.4 Å². The molecule has 1 amide bonds. The Balaban J connectivity index is 1.69. The number of aromatic nitrogens is 1. The second-order valence-electron chi connectivity index (χ2n) is 9.85. The van der Waals surface area contributed by atoms with Gasteiger partial charge in [-0.2, -0.15) is 0 Å². The summed E-state index contributed by atoms with van der Waals surface area (Å²) in [5, 5.41) is 13.2. The standard InChI is InChI=1S/C32H27N3O3/c1-33-21-28(25-16-8-10-18-29(25)33)32(27(22-35(37)38)24-14-6-3-7-15-24)26-17-9-11-19-30(26)34(31(32)36)20-23-12-4-2-5-13-23/h2-19,21,27H,20,22H2,1H3/t27-,32-/m1/s1. The highest BCUT2D eigenvalue weighted by atomic mass is 16.6. The van der Waals surface area contributed by atoms with E-state index in [4.69, 9.17) is 0 Å². The average molecular weight is 502 g/mol. The van der Waals surface area contributed by atoms with Crippen LogP contribution in [0.5, 0.6) is 0 Å². The maximum atomic E-state index is 15.0. The first-order valence-corrected chi connectivity index (χ1v) is 12.7. The topological polar surface area (TPSA) is 68.4 Å². The van der Waals surface area contributed by atoms with Crippen molar-refractivity contribution in [1.82, 2.24) is 4.57 Å². The monoisotopic (exact) mass is 501 g/mol. The summed E-state index contributed by atoms with van der Waals surface area (Å²) in [5.74, 6) is -0.867. The molecule has 1 aliphatic rings. The third kappa shape index (κ3) is 3.60. The fourth-order valence-electron chi connectivity index (χ4n) is 6.17. The number of hydrogen-bond donors (Lipinski definition) is 0. The smallest absolute Gasteiger partial charge is 0.243 e. The fraction of sp³-hybridized carbons (Fsp3) is 0.156. The first-order valence-electron chi connectivity index (χ1n) is 12.7. The van der Waals surface area contributed by atoms with E-state index in [1.807, 2.05) is 132 Å². The molecule has 0 bridgehead atoms. The van der Waals surface area contributed by atoms with Gasteiger partial charge in [-0.25, -0.2) is 0 Å². The normalized spacial score (nSPS) is 17.5. The van der Waals surface area contributed by atoms with Gasteiger partial charge in [-0.15, -0.1) is 0 Å². The number of carbonyl (C=O) groups is 1. The molecule has 0 saturated heterocycles. The molecule has 5 aromatic rings. The van der Waals surface area contributed by atoms with Gasteiger partial charge in [0.05, 0.1) is 12.5 Å². The van der Waals surface area contributed by atoms with Crippen LogP contribution in [0.25, 0.3) is 10.9 Å². The minimum absolute atomic E-state index is 0.144. The Morgan fingerprint density at radius 3 is 2.18 bits per heavy atom. The number of fused-ring (bicyclic) bond motifs is 2. The Hall–Kier alpha value is -4.71. The largest absolute Gasteiger partial charge is 0.350 e. The predicted octanol–water partition coefficient (Wildman–Crippen LogP) is 6.07. The third-order valence-corrected chi connectivity index (χ3v) is 7.76. The molecule has 0 radical (unpaired) electrons. The van der Waals surface area contributed by atoms with E-state index < -0.39 is 11.3 Å². The third-order valence-electron chi connectivity index (χ3n) is 7.76. The quantitative estimate of drug-likeness (QED) is 0.201. The second-order valence-corrected chi connectivity index (χ2v) is 9.85. The zero-order chi connectivity index (χ0) is 26.3. The van der Waals surface area contributed by atoms with Gasteiger partial charge in [0, 0.05) is 34.8 Å². The van der Waals surface area contributed by atoms with E-state index in [9.17, 15) is 10.1 Å². The minimum atomic E-state index is -1.29. The molecular weight excluding hydrogens is 474 g/mol. The number of nitro groups is 1. The lowest BCUT2D eigenvalue weighted by molar-refractivity contribution is -0.484. The van der Waals surface area contributed by atoms with Crippen molar-refractivity contribution >= 4 is 22.5 Å². The van der Waals surface area contributed by atoms with E-state index in [0.29, 0.717) is 6.54 Å². The second kappa shape index (κ2) is 9.30. The molecule has 6 heteroatoms. The summed E-state index contributed by atoms with van der Waals surface area (Å²) in [6, 6.07) is 35.0. The van der Waals surface area contributed by atoms with Crippen molar-refractivity contribution in [3.05, 3.63) is 148 Å². The molecule has 6 nitrogen and oxygen atoms in total. The van der Waals surface area contributed by atoms with Crippen molar-refractivity contribution in [3.8, 4) is 0 Å². The lowest BCUT2D eigenvalue weighted by atomic mass is 9.64. The van der Waals surface area contributed by atoms with Crippen LogP contribution in [0.2, 0.25) is 0 Å². The molecule has 0 N–H and O–H groups in total. The average Bonchev–Trinajstić information content (AvgIpc) is 3.41. The Labute approximate surface area is 220 Å². The molecule has 0 spiro atoms. The van der Waals surface area contributed by atoms with Crippen LogP contribution in [0.3, 0.4) is 0 Å². The molecule has 188 valence electrons. The lowest BCUT2D eigenvalue weighted by Crippen LogP contribution is -2.47. The maximum absolute atomic E-state index is 15.0. The van der Waals surface area contributed by atoms with Gasteiger partial charge < -0.3 is 9.47 Å². The van der Waals surface area contributed by atoms with Gasteiger partial charge in [0.15, 0.2) is 0 Å². The molecule has 6 rings (SSSR count). The van der Waals surface area contributed by atoms with E-state index in [-0.39, 0.29) is 17.4 Å². The van der Waals surface area contributed by atoms with Crippen molar-refractivity contribution in [3.63, 3.8) is 0 Å². The molecule has 4 aromatic carbocycles. The van der Waals surface area contributed by atoms with Crippen molar-refractivity contribution in [2.24, 2.45) is 7.05 Å². The summed E-state index contributed by atoms with van der Waals surface area (Å²) in [6.45, 7) is -0.00430. The summed E-state index contributed by atoms with van der Waals surface area (Å²) >= 11 is 0. The van der Waals surface area contributed by atoms with Crippen LogP contribution in [0, 0.1) is 10.1 Å². The van der Waals surface area contributed by atoms with E-state index in [2.05, 4.69) is 0 Å². The van der Waals surface area contributed by atoms with Gasteiger partial charge in [0.25, 0.3) is 0 Å². The fourth-order valence-corrected chi connectivity index (χ4v) is 6.17. The number of nitrogens with zero attached hydrogens (tertiary/aromatic N) is 3. The molecule has 0 saturated carbocycles. The molecule has 2 heterocycles. The summed E-state index contributed by atoms with van der Waals surface area (Å²) in [4.78, 5) is 28.8. The van der Waals surface area contributed by atoms with E-state index in [1.54, 1.807) is 0 Å². The highest BCUT2D eigenvalue weighted by Crippen LogP contribution is 2.55. The van der Waals surface area contributed by atoms with Crippen molar-refractivity contribution < 1.29 is 9.72 Å². The highest BCUT2D eigenvalue weighted by Gasteiger charge is 2.59. The van der Waals surface area contributed by atoms with Crippen molar-refractivity contribution in [2.45, 2.75) is 17.9 Å². The van der Waals surface area contributed by atoms with Crippen molar-refractivity contribution in [1.29, 1.82) is 0 Å². The zero-order valence-electron chi connectivity index (χ0n) is 21.0. The summed E-state index contributed by atoms with van der Waals surface area (Å²) in [5.41, 5.74) is 3.82. The first kappa shape index (κ1) is 23.7. The van der Waals surface area contributed by atoms with E-state index in [0.717, 1.165) is 38.8 Å². The molecule has 2 atom stereocenters. The first-order chi connectivity index (χ1) is 18.5. The molecule has 0 unspecified atom stereocenters. The van der Waals surface area contributed by atoms with Crippen LogP contribution in [-0.4, -0.2) is 21.9 Å². The van der Waals surface area contributed by atoms with Crippen LogP contribution >= 0.6 is 0 Å². The number of benzene rings is 4. The highest BCUT2D eigenvalue weighted by molar-refractivity contribution is 6.13. The van der Waals surface area contributed by atoms with Crippen LogP contribution in [0.4, 0.5) is 5.69 Å². The SMILES string of the molecule is Cn1cc([C@@]2([C@H](C[N+](=O)[O-])c3ccccc3)C(=O)N(Cc3ccccc3)c3ccccc32)c2ccccc21. The van der Waals surface area contributed by atoms with E-state index in [1.165, 1.54) is 0 Å². The molecule has 1 aromatic heterocycles. The summed E-state index contributed by atoms with van der Waals surface area (Å²) in [7, 11) is 1.96. The number of hydrogen-bond acceptors (Lipinski definition) is 3. The number of aryl methyl sites for hydroxylation is 1. The van der Waals surface area contributed by atoms with Gasteiger partial charge in [-0.3, -0.25) is 14.9 Å². The molecule has 0 fully saturated rings. The van der Waals surface area contributed by atoms with Gasteiger partial charge >= 0.3 is 0 Å². The van der Waals surface area contributed by atoms with Crippen LogP contribution in [0.1, 0.15) is 28.2 Å². The van der Waals surface area contributed by atoms with Crippen LogP contribution in [-0.2, 0) is 23.8 Å². The predicted molar refractivity (Wildman–Crippen MR) is 149 cm³/mol. The van der Waals surface area contributed by atoms with Crippen LogP contribution in [0.15, 0.2) is 115 Å². The molecule has 38 heavy (non-hydrogen) atoms. The van der Waals surface area contributed by atoms with E-state index >= 15 is 4.79 Å². The summed E-state index contributed by atoms with van der Waals surface area (Å²) in [6.07, 6.45) is 1.99. The number of para-hydroxylation sites is 2. The van der Waals surface area contributed by atoms with Crippen molar-refractivity contribution in [2.75, 3.05) is 11.4 Å². The Kier molecular flexibility index (Phi) is 5.80. The number of anilines is 1. The Bertz CT molecular complexity index is 1640. The van der Waals surface area contributed by atoms with Gasteiger partial charge in [-0.1, -0.05) is 97.1 Å². The molecule has 0 aliphatic carbocycles. The molecular formula is C32H27N3O3. The molecule has 1 aliphatic heterocycles. The minimum Gasteiger partial charge on any atom is -0.350 e. The Morgan fingerprint density at radius 1 is 0.816 bits per heavy atom. The van der Waals surface area contributed by atoms with Gasteiger partial charge in [0.2, 0.25) is 12.5 Å². The van der Waals surface area contributed by atoms with Gasteiger partial charge in [0.1, 0.15) is 5.41 Å². The van der Waals surface area contributed by atoms with Crippen LogP contribution < -0.4 is 4.90 Å². The zero-order valence-corrected chi connectivity index (χ0v) is 21.0. The lowest BCUT2D eigenvalue weighted by Gasteiger charge is -2.35. The number of amides is 1. The summed E-state index contributed by atoms with van der Waals surface area (Å²) < 4.78 is 2.01. The maximum Gasteiger partial charge on any atom is 0.243 e. The number of rotatable bonds is 7. The Morgan fingerprint density at radius 2 is 1.45 bits per heavy atom. The number of carbonyl (C=O) groups excluding carboxylic acids is 1.